The molecular formula is C13H17BrN2O4. The summed E-state index contributed by atoms with van der Waals surface area (Å²) < 4.78 is 0.614. The maximum atomic E-state index is 11.4. The first-order chi connectivity index (χ1) is 9.36. The second-order valence-electron chi connectivity index (χ2n) is 4.48. The van der Waals surface area contributed by atoms with Gasteiger partial charge in [0.15, 0.2) is 0 Å². The molecule has 0 radical (unpaired) electrons. The van der Waals surface area contributed by atoms with Gasteiger partial charge in [0.1, 0.15) is 5.54 Å². The molecule has 0 saturated heterocycles. The molecular weight excluding hydrogens is 328 g/mol. The monoisotopic (exact) mass is 344 g/mol. The number of halogens is 1. The number of aliphatic carboxylic acids is 1. The highest BCUT2D eigenvalue weighted by atomic mass is 79.9. The molecule has 1 aromatic rings. The van der Waals surface area contributed by atoms with E-state index >= 15 is 0 Å². The van der Waals surface area contributed by atoms with Gasteiger partial charge in [-0.05, 0) is 25.0 Å². The highest BCUT2D eigenvalue weighted by molar-refractivity contribution is 9.10. The summed E-state index contributed by atoms with van der Waals surface area (Å²) in [7, 11) is 0. The Morgan fingerprint density at radius 1 is 1.45 bits per heavy atom. The van der Waals surface area contributed by atoms with Gasteiger partial charge in [0.05, 0.1) is 4.92 Å². The molecule has 0 aliphatic rings. The predicted molar refractivity (Wildman–Crippen MR) is 78.6 cm³/mol. The zero-order valence-electron chi connectivity index (χ0n) is 11.4. The highest BCUT2D eigenvalue weighted by Crippen LogP contribution is 2.25. The first-order valence-corrected chi connectivity index (χ1v) is 7.06. The van der Waals surface area contributed by atoms with Crippen LogP contribution < -0.4 is 5.32 Å². The van der Waals surface area contributed by atoms with Crippen molar-refractivity contribution in [1.29, 1.82) is 0 Å². The van der Waals surface area contributed by atoms with E-state index in [-0.39, 0.29) is 12.2 Å². The standard InChI is InChI=1S/C13H17BrN2O4/c1-3-13(4-2,12(17)18)15-8-9-5-6-10(14)7-11(9)16(19)20/h5-7,15H,3-4,8H2,1-2H3,(H,17,18). The average molecular weight is 345 g/mol. The van der Waals surface area contributed by atoms with Gasteiger partial charge >= 0.3 is 5.97 Å². The molecule has 0 atom stereocenters. The maximum Gasteiger partial charge on any atom is 0.323 e. The van der Waals surface area contributed by atoms with Crippen molar-refractivity contribution in [1.82, 2.24) is 5.32 Å². The third-order valence-electron chi connectivity index (χ3n) is 3.48. The fourth-order valence-electron chi connectivity index (χ4n) is 2.00. The molecule has 1 aromatic carbocycles. The van der Waals surface area contributed by atoms with Crippen molar-refractivity contribution >= 4 is 27.6 Å². The van der Waals surface area contributed by atoms with Crippen LogP contribution in [0.5, 0.6) is 0 Å². The van der Waals surface area contributed by atoms with Crippen molar-refractivity contribution in [3.05, 3.63) is 38.3 Å². The van der Waals surface area contributed by atoms with Crippen LogP contribution in [0.1, 0.15) is 32.3 Å². The van der Waals surface area contributed by atoms with Gasteiger partial charge < -0.3 is 5.11 Å². The number of nitrogens with one attached hydrogen (secondary N) is 1. The van der Waals surface area contributed by atoms with Crippen LogP contribution in [-0.4, -0.2) is 21.5 Å². The highest BCUT2D eigenvalue weighted by Gasteiger charge is 2.34. The number of nitro groups is 1. The smallest absolute Gasteiger partial charge is 0.323 e. The molecule has 0 saturated carbocycles. The second-order valence-corrected chi connectivity index (χ2v) is 5.39. The van der Waals surface area contributed by atoms with E-state index in [1.54, 1.807) is 26.0 Å². The molecule has 20 heavy (non-hydrogen) atoms. The minimum atomic E-state index is -1.05. The summed E-state index contributed by atoms with van der Waals surface area (Å²) >= 11 is 3.19. The lowest BCUT2D eigenvalue weighted by molar-refractivity contribution is -0.385. The topological polar surface area (TPSA) is 92.5 Å². The molecule has 110 valence electrons. The second kappa shape index (κ2) is 6.81. The normalized spacial score (nSPS) is 11.3. The zero-order valence-corrected chi connectivity index (χ0v) is 12.9. The number of carboxylic acids is 1. The first-order valence-electron chi connectivity index (χ1n) is 6.27. The van der Waals surface area contributed by atoms with Gasteiger partial charge in [-0.3, -0.25) is 20.2 Å². The van der Waals surface area contributed by atoms with Crippen LogP contribution in [0.2, 0.25) is 0 Å². The number of carbonyl (C=O) groups is 1. The van der Waals surface area contributed by atoms with Crippen LogP contribution in [0, 0.1) is 10.1 Å². The summed E-state index contributed by atoms with van der Waals surface area (Å²) in [6.45, 7) is 3.69. The van der Waals surface area contributed by atoms with Gasteiger partial charge in [0.2, 0.25) is 0 Å². The maximum absolute atomic E-state index is 11.4. The molecule has 2 N–H and O–H groups in total. The Balaban J connectivity index is 2.99. The lowest BCUT2D eigenvalue weighted by atomic mass is 9.92. The van der Waals surface area contributed by atoms with Crippen molar-refractivity contribution in [3.63, 3.8) is 0 Å². The number of nitrogens with zero attached hydrogens (tertiary/aromatic N) is 1. The van der Waals surface area contributed by atoms with Gasteiger partial charge in [-0.25, -0.2) is 0 Å². The average Bonchev–Trinajstić information content (AvgIpc) is 2.41. The van der Waals surface area contributed by atoms with E-state index in [1.807, 2.05) is 0 Å². The number of benzene rings is 1. The van der Waals surface area contributed by atoms with Gasteiger partial charge in [-0.15, -0.1) is 0 Å². The van der Waals surface area contributed by atoms with Gasteiger partial charge in [0.25, 0.3) is 5.69 Å². The van der Waals surface area contributed by atoms with Crippen molar-refractivity contribution in [2.75, 3.05) is 0 Å². The minimum absolute atomic E-state index is 0.0293. The van der Waals surface area contributed by atoms with E-state index in [2.05, 4.69) is 21.2 Å². The number of nitro benzene ring substituents is 1. The largest absolute Gasteiger partial charge is 0.480 e. The Morgan fingerprint density at radius 2 is 2.05 bits per heavy atom. The molecule has 6 nitrogen and oxygen atoms in total. The third kappa shape index (κ3) is 3.55. The summed E-state index contributed by atoms with van der Waals surface area (Å²) in [5.41, 5.74) is -0.620. The van der Waals surface area contributed by atoms with Crippen LogP contribution in [0.25, 0.3) is 0 Å². The van der Waals surface area contributed by atoms with Crippen LogP contribution in [0.3, 0.4) is 0 Å². The van der Waals surface area contributed by atoms with Gasteiger partial charge in [-0.2, -0.15) is 0 Å². The fraction of sp³-hybridized carbons (Fsp3) is 0.462. The molecule has 0 bridgehead atoms. The molecule has 0 aliphatic carbocycles. The molecule has 0 fully saturated rings. The number of rotatable bonds is 7. The molecule has 1 rings (SSSR count). The van der Waals surface area contributed by atoms with Crippen molar-refractivity contribution in [3.8, 4) is 0 Å². The van der Waals surface area contributed by atoms with E-state index in [1.165, 1.54) is 6.07 Å². The number of carboxylic acid groups (broad SMARTS) is 1. The van der Waals surface area contributed by atoms with E-state index < -0.39 is 16.4 Å². The summed E-state index contributed by atoms with van der Waals surface area (Å²) in [6.07, 6.45) is 0.812. The summed E-state index contributed by atoms with van der Waals surface area (Å²) in [5, 5.41) is 23.3. The molecule has 0 spiro atoms. The molecule has 0 amide bonds. The van der Waals surface area contributed by atoms with Crippen molar-refractivity contribution in [2.24, 2.45) is 0 Å². The number of hydrogen-bond acceptors (Lipinski definition) is 4. The summed E-state index contributed by atoms with van der Waals surface area (Å²) in [4.78, 5) is 21.9. The van der Waals surface area contributed by atoms with Crippen molar-refractivity contribution < 1.29 is 14.8 Å². The molecule has 0 unspecified atom stereocenters. The van der Waals surface area contributed by atoms with Crippen LogP contribution >= 0.6 is 15.9 Å². The Kier molecular flexibility index (Phi) is 5.64. The SMILES string of the molecule is CCC(CC)(NCc1ccc(Br)cc1[N+](=O)[O-])C(=O)O. The predicted octanol–water partition coefficient (Wildman–Crippen LogP) is 3.09. The third-order valence-corrected chi connectivity index (χ3v) is 3.97. The minimum Gasteiger partial charge on any atom is -0.480 e. The van der Waals surface area contributed by atoms with Crippen LogP contribution in [0.15, 0.2) is 22.7 Å². The van der Waals surface area contributed by atoms with E-state index in [9.17, 15) is 20.0 Å². The fourth-order valence-corrected chi connectivity index (χ4v) is 2.35. The quantitative estimate of drug-likeness (QED) is 0.585. The first kappa shape index (κ1) is 16.6. The lowest BCUT2D eigenvalue weighted by Crippen LogP contribution is -2.50. The van der Waals surface area contributed by atoms with Crippen LogP contribution in [0.4, 0.5) is 5.69 Å². The van der Waals surface area contributed by atoms with E-state index in [0.717, 1.165) is 0 Å². The Labute approximate surface area is 125 Å². The molecule has 0 heterocycles. The van der Waals surface area contributed by atoms with Gasteiger partial charge in [-0.1, -0.05) is 29.8 Å². The molecule has 7 heteroatoms. The molecule has 0 aromatic heterocycles. The lowest BCUT2D eigenvalue weighted by Gasteiger charge is -2.28. The Hall–Kier alpha value is -1.47. The zero-order chi connectivity index (χ0) is 15.3. The van der Waals surface area contributed by atoms with Gasteiger partial charge in [0, 0.05) is 22.6 Å². The Bertz CT molecular complexity index is 515. The van der Waals surface area contributed by atoms with E-state index in [4.69, 9.17) is 0 Å². The number of hydrogen-bond donors (Lipinski definition) is 2. The summed E-state index contributed by atoms with van der Waals surface area (Å²) in [5.74, 6) is -0.942. The van der Waals surface area contributed by atoms with Crippen LogP contribution in [-0.2, 0) is 11.3 Å². The molecule has 0 aliphatic heterocycles. The van der Waals surface area contributed by atoms with E-state index in [0.29, 0.717) is 22.9 Å². The van der Waals surface area contributed by atoms with Crippen molar-refractivity contribution in [2.45, 2.75) is 38.8 Å². The Morgan fingerprint density at radius 3 is 2.50 bits per heavy atom. The summed E-state index contributed by atoms with van der Waals surface area (Å²) in [6, 6.07) is 4.73.